The first kappa shape index (κ1) is 23.0. The van der Waals surface area contributed by atoms with Gasteiger partial charge in [-0.1, -0.05) is 19.4 Å². The second-order valence-corrected chi connectivity index (χ2v) is 6.45. The van der Waals surface area contributed by atoms with Crippen molar-refractivity contribution >= 4 is 17.4 Å². The number of likely N-dealkylation sites (N-methyl/N-ethyl adjacent to an activating group) is 1. The molecule has 164 valence electrons. The number of H-pyrrole nitrogens is 1. The summed E-state index contributed by atoms with van der Waals surface area (Å²) in [6.45, 7) is 3.17. The largest absolute Gasteiger partial charge is 0.484 e. The molecule has 0 aliphatic rings. The van der Waals surface area contributed by atoms with E-state index in [4.69, 9.17) is 10.5 Å². The van der Waals surface area contributed by atoms with Crippen LogP contribution in [0.1, 0.15) is 32.3 Å². The highest BCUT2D eigenvalue weighted by atomic mass is 19.4. The number of nitrogens with one attached hydrogen (secondary N) is 1. The van der Waals surface area contributed by atoms with Crippen molar-refractivity contribution in [1.82, 2.24) is 9.55 Å². The Balaban J connectivity index is 2.27. The van der Waals surface area contributed by atoms with E-state index < -0.39 is 35.5 Å². The Bertz CT molecular complexity index is 1010. The number of carbonyl (C=O) groups is 1. The number of nitrogens with zero attached hydrogens (tertiary/aromatic N) is 2. The van der Waals surface area contributed by atoms with Crippen LogP contribution in [0.4, 0.5) is 24.7 Å². The standard InChI is InChI=1S/C19H23F3N4O4/c1-3-5-9-26-16(23)15(17(28)24-18(26)29)25(4-2)14(27)11-30-13-8-6-7-12(10-13)19(20,21)22/h6-8,10H,3-5,9,11,23H2,1-2H3,(H,24,28,29). The molecule has 0 saturated heterocycles. The number of carbonyl (C=O) groups excluding carboxylic acids is 1. The number of nitrogen functional groups attached to an aromatic ring is 1. The Labute approximate surface area is 170 Å². The number of anilines is 2. The van der Waals surface area contributed by atoms with Crippen molar-refractivity contribution in [2.75, 3.05) is 23.8 Å². The van der Waals surface area contributed by atoms with Crippen LogP contribution in [0.3, 0.4) is 0 Å². The number of hydrogen-bond acceptors (Lipinski definition) is 5. The number of amides is 1. The van der Waals surface area contributed by atoms with E-state index in [0.29, 0.717) is 6.42 Å². The zero-order chi connectivity index (χ0) is 22.5. The third-order valence-corrected chi connectivity index (χ3v) is 4.36. The molecule has 2 aromatic rings. The average molecular weight is 428 g/mol. The van der Waals surface area contributed by atoms with Crippen LogP contribution >= 0.6 is 0 Å². The van der Waals surface area contributed by atoms with E-state index in [1.807, 2.05) is 6.92 Å². The summed E-state index contributed by atoms with van der Waals surface area (Å²) in [7, 11) is 0. The molecule has 0 fully saturated rings. The fourth-order valence-electron chi connectivity index (χ4n) is 2.82. The van der Waals surface area contributed by atoms with Gasteiger partial charge < -0.3 is 15.4 Å². The van der Waals surface area contributed by atoms with Gasteiger partial charge in [0.15, 0.2) is 12.3 Å². The van der Waals surface area contributed by atoms with Crippen LogP contribution in [0.25, 0.3) is 0 Å². The molecule has 0 spiro atoms. The minimum Gasteiger partial charge on any atom is -0.484 e. The fourth-order valence-corrected chi connectivity index (χ4v) is 2.82. The second kappa shape index (κ2) is 9.51. The predicted molar refractivity (Wildman–Crippen MR) is 106 cm³/mol. The van der Waals surface area contributed by atoms with E-state index >= 15 is 0 Å². The lowest BCUT2D eigenvalue weighted by Gasteiger charge is -2.23. The third kappa shape index (κ3) is 5.22. The number of hydrogen-bond donors (Lipinski definition) is 2. The minimum absolute atomic E-state index is 0.0318. The first-order valence-electron chi connectivity index (χ1n) is 9.33. The molecule has 1 heterocycles. The van der Waals surface area contributed by atoms with Crippen molar-refractivity contribution in [2.24, 2.45) is 0 Å². The maximum atomic E-state index is 12.8. The van der Waals surface area contributed by atoms with Crippen LogP contribution < -0.4 is 26.6 Å². The average Bonchev–Trinajstić information content (AvgIpc) is 2.68. The monoisotopic (exact) mass is 428 g/mol. The summed E-state index contributed by atoms with van der Waals surface area (Å²) < 4.78 is 44.8. The number of alkyl halides is 3. The van der Waals surface area contributed by atoms with Crippen molar-refractivity contribution in [3.05, 3.63) is 50.7 Å². The van der Waals surface area contributed by atoms with Gasteiger partial charge >= 0.3 is 11.9 Å². The van der Waals surface area contributed by atoms with Gasteiger partial charge in [-0.25, -0.2) is 4.79 Å². The molecule has 0 radical (unpaired) electrons. The molecule has 0 saturated carbocycles. The number of aromatic amines is 1. The number of ether oxygens (including phenoxy) is 1. The van der Waals surface area contributed by atoms with E-state index in [9.17, 15) is 27.6 Å². The predicted octanol–water partition coefficient (Wildman–Crippen LogP) is 2.37. The number of benzene rings is 1. The van der Waals surface area contributed by atoms with Gasteiger partial charge in [-0.15, -0.1) is 0 Å². The summed E-state index contributed by atoms with van der Waals surface area (Å²) in [5.41, 5.74) is 3.37. The molecule has 2 rings (SSSR count). The molecule has 0 atom stereocenters. The Morgan fingerprint density at radius 3 is 2.57 bits per heavy atom. The first-order chi connectivity index (χ1) is 14.1. The molecule has 8 nitrogen and oxygen atoms in total. The van der Waals surface area contributed by atoms with Crippen LogP contribution in [0.5, 0.6) is 5.75 Å². The van der Waals surface area contributed by atoms with Crippen LogP contribution in [0.15, 0.2) is 33.9 Å². The minimum atomic E-state index is -4.55. The first-order valence-corrected chi connectivity index (χ1v) is 9.33. The summed E-state index contributed by atoms with van der Waals surface area (Å²) in [6.07, 6.45) is -3.14. The van der Waals surface area contributed by atoms with Gasteiger partial charge in [0.25, 0.3) is 11.5 Å². The lowest BCUT2D eigenvalue weighted by molar-refractivity contribution is -0.137. The summed E-state index contributed by atoms with van der Waals surface area (Å²) in [6, 6.07) is 4.10. The Kier molecular flexibility index (Phi) is 7.30. The maximum Gasteiger partial charge on any atom is 0.416 e. The number of halogens is 3. The second-order valence-electron chi connectivity index (χ2n) is 6.45. The SMILES string of the molecule is CCCCn1c(N)c(N(CC)C(=O)COc2cccc(C(F)(F)F)c2)c(=O)[nH]c1=O. The third-order valence-electron chi connectivity index (χ3n) is 4.36. The Morgan fingerprint density at radius 1 is 1.27 bits per heavy atom. The lowest BCUT2D eigenvalue weighted by atomic mass is 10.2. The molecule has 11 heteroatoms. The summed E-state index contributed by atoms with van der Waals surface area (Å²) in [4.78, 5) is 40.1. The van der Waals surface area contributed by atoms with Gasteiger partial charge in [0, 0.05) is 13.1 Å². The lowest BCUT2D eigenvalue weighted by Crippen LogP contribution is -2.42. The van der Waals surface area contributed by atoms with Crippen molar-refractivity contribution in [1.29, 1.82) is 0 Å². The molecule has 1 amide bonds. The quantitative estimate of drug-likeness (QED) is 0.671. The fraction of sp³-hybridized carbons (Fsp3) is 0.421. The number of aromatic nitrogens is 2. The summed E-state index contributed by atoms with van der Waals surface area (Å²) in [5, 5.41) is 0. The van der Waals surface area contributed by atoms with Gasteiger partial charge in [-0.3, -0.25) is 19.1 Å². The summed E-state index contributed by atoms with van der Waals surface area (Å²) in [5.74, 6) is -1.01. The van der Waals surface area contributed by atoms with Crippen molar-refractivity contribution in [2.45, 2.75) is 39.4 Å². The molecule has 30 heavy (non-hydrogen) atoms. The number of nitrogens with two attached hydrogens (primary N) is 1. The summed E-state index contributed by atoms with van der Waals surface area (Å²) >= 11 is 0. The van der Waals surface area contributed by atoms with E-state index in [-0.39, 0.29) is 30.3 Å². The van der Waals surface area contributed by atoms with Gasteiger partial charge in [-0.2, -0.15) is 13.2 Å². The van der Waals surface area contributed by atoms with Crippen LogP contribution in [-0.4, -0.2) is 28.6 Å². The Hall–Kier alpha value is -3.24. The van der Waals surface area contributed by atoms with Crippen LogP contribution in [0, 0.1) is 0 Å². The molecule has 0 unspecified atom stereocenters. The van der Waals surface area contributed by atoms with Gasteiger partial charge in [0.05, 0.1) is 5.56 Å². The molecular weight excluding hydrogens is 405 g/mol. The highest BCUT2D eigenvalue weighted by Gasteiger charge is 2.31. The molecule has 0 aliphatic heterocycles. The molecule has 1 aromatic heterocycles. The van der Waals surface area contributed by atoms with Crippen LogP contribution in [0.2, 0.25) is 0 Å². The van der Waals surface area contributed by atoms with E-state index in [0.717, 1.165) is 29.5 Å². The topological polar surface area (TPSA) is 110 Å². The zero-order valence-corrected chi connectivity index (χ0v) is 16.6. The highest BCUT2D eigenvalue weighted by molar-refractivity contribution is 5.96. The molecule has 3 N–H and O–H groups in total. The Morgan fingerprint density at radius 2 is 1.97 bits per heavy atom. The number of unbranched alkanes of at least 4 members (excludes halogenated alkanes) is 1. The molecule has 0 bridgehead atoms. The van der Waals surface area contributed by atoms with E-state index in [2.05, 4.69) is 4.98 Å². The van der Waals surface area contributed by atoms with Gasteiger partial charge in [0.2, 0.25) is 0 Å². The van der Waals surface area contributed by atoms with Crippen molar-refractivity contribution in [3.8, 4) is 5.75 Å². The molecule has 0 aliphatic carbocycles. The molecule has 1 aromatic carbocycles. The molecular formula is C19H23F3N4O4. The van der Waals surface area contributed by atoms with E-state index in [1.165, 1.54) is 10.6 Å². The smallest absolute Gasteiger partial charge is 0.416 e. The van der Waals surface area contributed by atoms with Crippen LogP contribution in [-0.2, 0) is 17.5 Å². The van der Waals surface area contributed by atoms with Gasteiger partial charge in [0.1, 0.15) is 11.6 Å². The number of rotatable bonds is 8. The maximum absolute atomic E-state index is 12.8. The van der Waals surface area contributed by atoms with Crippen molar-refractivity contribution in [3.63, 3.8) is 0 Å². The van der Waals surface area contributed by atoms with Crippen molar-refractivity contribution < 1.29 is 22.7 Å². The van der Waals surface area contributed by atoms with E-state index in [1.54, 1.807) is 6.92 Å². The highest BCUT2D eigenvalue weighted by Crippen LogP contribution is 2.31. The van der Waals surface area contributed by atoms with Gasteiger partial charge in [-0.05, 0) is 31.5 Å². The zero-order valence-electron chi connectivity index (χ0n) is 16.6. The normalized spacial score (nSPS) is 11.4.